The van der Waals surface area contributed by atoms with E-state index in [1.807, 2.05) is 19.9 Å². The van der Waals surface area contributed by atoms with Gasteiger partial charge in [0.05, 0.1) is 11.0 Å². The number of carbonyl (C=O) groups is 1. The quantitative estimate of drug-likeness (QED) is 0.525. The maximum Gasteiger partial charge on any atom is 0.261 e. The van der Waals surface area contributed by atoms with Crippen LogP contribution in [0.4, 0.5) is 11.4 Å². The number of hydrogen-bond acceptors (Lipinski definition) is 4. The molecule has 0 saturated carbocycles. The van der Waals surface area contributed by atoms with E-state index in [2.05, 4.69) is 10.0 Å². The summed E-state index contributed by atoms with van der Waals surface area (Å²) in [7, 11) is -3.81. The summed E-state index contributed by atoms with van der Waals surface area (Å²) < 4.78 is 33.2. The van der Waals surface area contributed by atoms with E-state index in [9.17, 15) is 13.2 Å². The highest BCUT2D eigenvalue weighted by Gasteiger charge is 2.15. The number of carbonyl (C=O) groups excluding carboxylic acids is 1. The van der Waals surface area contributed by atoms with Crippen molar-refractivity contribution in [1.29, 1.82) is 0 Å². The van der Waals surface area contributed by atoms with Crippen LogP contribution in [0.1, 0.15) is 24.2 Å². The van der Waals surface area contributed by atoms with E-state index in [0.717, 1.165) is 0 Å². The van der Waals surface area contributed by atoms with Crippen LogP contribution in [-0.4, -0.2) is 20.4 Å². The van der Waals surface area contributed by atoms with Crippen LogP contribution in [0.25, 0.3) is 0 Å². The molecule has 0 aliphatic rings. The number of halogens is 1. The zero-order chi connectivity index (χ0) is 21.7. The van der Waals surface area contributed by atoms with E-state index in [1.54, 1.807) is 36.4 Å². The van der Waals surface area contributed by atoms with E-state index < -0.39 is 10.0 Å². The second-order valence-corrected chi connectivity index (χ2v) is 8.91. The first kappa shape index (κ1) is 21.7. The molecule has 6 nitrogen and oxygen atoms in total. The van der Waals surface area contributed by atoms with Crippen LogP contribution in [0.2, 0.25) is 5.02 Å². The maximum atomic E-state index is 12.6. The number of rotatable bonds is 7. The van der Waals surface area contributed by atoms with E-state index in [4.69, 9.17) is 16.3 Å². The highest BCUT2D eigenvalue weighted by Crippen LogP contribution is 2.21. The number of amides is 1. The van der Waals surface area contributed by atoms with Crippen LogP contribution < -0.4 is 14.8 Å². The Balaban J connectivity index is 1.75. The van der Waals surface area contributed by atoms with Gasteiger partial charge in [0.1, 0.15) is 5.75 Å². The normalized spacial score (nSPS) is 11.2. The third-order valence-electron chi connectivity index (χ3n) is 3.96. The SMILES string of the molecule is CC(C)Oc1cccc(NC(=O)c2cccc(NS(=O)(=O)c3ccc(Cl)cc3)c2)c1. The minimum Gasteiger partial charge on any atom is -0.491 e. The van der Waals surface area contributed by atoms with Gasteiger partial charge in [0, 0.05) is 28.0 Å². The molecule has 3 rings (SSSR count). The topological polar surface area (TPSA) is 84.5 Å². The summed E-state index contributed by atoms with van der Waals surface area (Å²) in [6, 6.07) is 19.1. The van der Waals surface area contributed by atoms with Gasteiger partial charge in [-0.15, -0.1) is 0 Å². The molecule has 0 aliphatic heterocycles. The molecule has 0 radical (unpaired) electrons. The van der Waals surface area contributed by atoms with Crippen molar-refractivity contribution in [1.82, 2.24) is 0 Å². The Morgan fingerprint density at radius 2 is 1.60 bits per heavy atom. The zero-order valence-electron chi connectivity index (χ0n) is 16.4. The van der Waals surface area contributed by atoms with Crippen molar-refractivity contribution in [2.24, 2.45) is 0 Å². The number of benzene rings is 3. The largest absolute Gasteiger partial charge is 0.491 e. The Kier molecular flexibility index (Phi) is 6.64. The third-order valence-corrected chi connectivity index (χ3v) is 5.61. The summed E-state index contributed by atoms with van der Waals surface area (Å²) in [5.74, 6) is 0.275. The fourth-order valence-electron chi connectivity index (χ4n) is 2.67. The molecule has 0 aromatic heterocycles. The van der Waals surface area contributed by atoms with Gasteiger partial charge in [0.25, 0.3) is 15.9 Å². The molecule has 2 N–H and O–H groups in total. The second-order valence-electron chi connectivity index (χ2n) is 6.79. The van der Waals surface area contributed by atoms with Gasteiger partial charge in [0.2, 0.25) is 0 Å². The zero-order valence-corrected chi connectivity index (χ0v) is 18.0. The standard InChI is InChI=1S/C22H21ClN2O4S/c1-15(2)29-20-8-4-6-18(14-20)24-22(26)16-5-3-7-19(13-16)25-30(27,28)21-11-9-17(23)10-12-21/h3-15,25H,1-2H3,(H,24,26). The Hall–Kier alpha value is -3.03. The van der Waals surface area contributed by atoms with Crippen LogP contribution in [0.15, 0.2) is 77.7 Å². The number of nitrogens with one attached hydrogen (secondary N) is 2. The summed E-state index contributed by atoms with van der Waals surface area (Å²) in [6.45, 7) is 3.84. The fraction of sp³-hybridized carbons (Fsp3) is 0.136. The van der Waals surface area contributed by atoms with Gasteiger partial charge >= 0.3 is 0 Å². The fourth-order valence-corrected chi connectivity index (χ4v) is 3.85. The Morgan fingerprint density at radius 3 is 2.30 bits per heavy atom. The van der Waals surface area contributed by atoms with Gasteiger partial charge in [-0.25, -0.2) is 8.42 Å². The summed E-state index contributed by atoms with van der Waals surface area (Å²) in [5.41, 5.74) is 1.15. The maximum absolute atomic E-state index is 12.6. The number of sulfonamides is 1. The lowest BCUT2D eigenvalue weighted by Crippen LogP contribution is -2.15. The van der Waals surface area contributed by atoms with Crippen LogP contribution in [-0.2, 0) is 10.0 Å². The van der Waals surface area contributed by atoms with E-state index in [1.165, 1.54) is 30.3 Å². The third kappa shape index (κ3) is 5.75. The lowest BCUT2D eigenvalue weighted by atomic mass is 10.2. The first-order valence-electron chi connectivity index (χ1n) is 9.19. The average molecular weight is 445 g/mol. The molecule has 3 aromatic carbocycles. The number of anilines is 2. The molecule has 30 heavy (non-hydrogen) atoms. The van der Waals surface area contributed by atoms with Gasteiger partial charge in [-0.05, 0) is 68.4 Å². The summed E-state index contributed by atoms with van der Waals surface area (Å²) >= 11 is 5.81. The highest BCUT2D eigenvalue weighted by atomic mass is 35.5. The minimum absolute atomic E-state index is 0.0151. The van der Waals surface area contributed by atoms with Crippen LogP contribution >= 0.6 is 11.6 Å². The molecule has 156 valence electrons. The van der Waals surface area contributed by atoms with E-state index >= 15 is 0 Å². The van der Waals surface area contributed by atoms with Gasteiger partial charge in [-0.2, -0.15) is 0 Å². The number of ether oxygens (including phenoxy) is 1. The van der Waals surface area contributed by atoms with Crippen LogP contribution in [0, 0.1) is 0 Å². The van der Waals surface area contributed by atoms with Crippen molar-refractivity contribution in [3.63, 3.8) is 0 Å². The highest BCUT2D eigenvalue weighted by molar-refractivity contribution is 7.92. The molecule has 0 bridgehead atoms. The molecule has 8 heteroatoms. The van der Waals surface area contributed by atoms with Crippen LogP contribution in [0.3, 0.4) is 0 Å². The molecule has 0 unspecified atom stereocenters. The molecule has 0 saturated heterocycles. The average Bonchev–Trinajstić information content (AvgIpc) is 2.68. The summed E-state index contributed by atoms with van der Waals surface area (Å²) in [6.07, 6.45) is 0.0151. The molecular formula is C22H21ClN2O4S. The van der Waals surface area contributed by atoms with Crippen molar-refractivity contribution in [3.8, 4) is 5.75 Å². The molecule has 0 heterocycles. The van der Waals surface area contributed by atoms with Crippen molar-refractivity contribution >= 4 is 38.9 Å². The van der Waals surface area contributed by atoms with Crippen molar-refractivity contribution < 1.29 is 17.9 Å². The second kappa shape index (κ2) is 9.19. The minimum atomic E-state index is -3.81. The van der Waals surface area contributed by atoms with E-state index in [0.29, 0.717) is 22.0 Å². The first-order valence-corrected chi connectivity index (χ1v) is 11.1. The van der Waals surface area contributed by atoms with Crippen molar-refractivity contribution in [2.75, 3.05) is 10.0 Å². The molecule has 0 fully saturated rings. The molecular weight excluding hydrogens is 424 g/mol. The molecule has 0 spiro atoms. The van der Waals surface area contributed by atoms with Gasteiger partial charge < -0.3 is 10.1 Å². The van der Waals surface area contributed by atoms with Gasteiger partial charge in [0.15, 0.2) is 0 Å². The van der Waals surface area contributed by atoms with Crippen LogP contribution in [0.5, 0.6) is 5.75 Å². The molecule has 0 aliphatic carbocycles. The first-order chi connectivity index (χ1) is 14.2. The predicted octanol–water partition coefficient (Wildman–Crippen LogP) is 5.18. The van der Waals surface area contributed by atoms with E-state index in [-0.39, 0.29) is 22.6 Å². The summed E-state index contributed by atoms with van der Waals surface area (Å²) in [4.78, 5) is 12.7. The Bertz CT molecular complexity index is 1150. The Morgan fingerprint density at radius 1 is 0.933 bits per heavy atom. The van der Waals surface area contributed by atoms with Crippen molar-refractivity contribution in [2.45, 2.75) is 24.8 Å². The molecule has 1 amide bonds. The monoisotopic (exact) mass is 444 g/mol. The van der Waals surface area contributed by atoms with Gasteiger partial charge in [-0.1, -0.05) is 23.7 Å². The molecule has 3 aromatic rings. The van der Waals surface area contributed by atoms with Crippen molar-refractivity contribution in [3.05, 3.63) is 83.4 Å². The summed E-state index contributed by atoms with van der Waals surface area (Å²) in [5, 5.41) is 3.23. The number of hydrogen-bond donors (Lipinski definition) is 2. The Labute approximate surface area is 180 Å². The lowest BCUT2D eigenvalue weighted by molar-refractivity contribution is 0.102. The lowest BCUT2D eigenvalue weighted by Gasteiger charge is -2.12. The van der Waals surface area contributed by atoms with Gasteiger partial charge in [-0.3, -0.25) is 9.52 Å². The smallest absolute Gasteiger partial charge is 0.261 e. The predicted molar refractivity (Wildman–Crippen MR) is 119 cm³/mol. The molecule has 0 atom stereocenters.